The Labute approximate surface area is 130 Å². The molecule has 1 amide bonds. The summed E-state index contributed by atoms with van der Waals surface area (Å²) >= 11 is 0. The van der Waals surface area contributed by atoms with Crippen molar-refractivity contribution in [3.63, 3.8) is 0 Å². The number of carbonyl (C=O) groups excluding carboxylic acids is 1. The van der Waals surface area contributed by atoms with Crippen LogP contribution in [0.15, 0.2) is 40.9 Å². The van der Waals surface area contributed by atoms with E-state index in [9.17, 15) is 18.0 Å². The fraction of sp³-hybridized carbons (Fsp3) is 0.375. The van der Waals surface area contributed by atoms with Crippen LogP contribution in [0.2, 0.25) is 0 Å². The zero-order valence-electron chi connectivity index (χ0n) is 12.2. The molecule has 1 atom stereocenters. The van der Waals surface area contributed by atoms with Crippen LogP contribution in [0.5, 0.6) is 0 Å². The Morgan fingerprint density at radius 3 is 2.65 bits per heavy atom. The number of halogens is 3. The molecular weight excluding hydrogens is 309 g/mol. The lowest BCUT2D eigenvalue weighted by Crippen LogP contribution is -2.51. The van der Waals surface area contributed by atoms with Gasteiger partial charge in [0.1, 0.15) is 6.04 Å². The van der Waals surface area contributed by atoms with E-state index in [1.165, 1.54) is 6.07 Å². The van der Waals surface area contributed by atoms with Gasteiger partial charge in [-0.1, -0.05) is 35.5 Å². The molecule has 1 aliphatic rings. The molecule has 4 nitrogen and oxygen atoms in total. The lowest BCUT2D eigenvalue weighted by Gasteiger charge is -2.36. The molecule has 23 heavy (non-hydrogen) atoms. The molecule has 1 saturated heterocycles. The number of likely N-dealkylation sites (tertiary alicyclic amines) is 1. The van der Waals surface area contributed by atoms with Crippen LogP contribution in [0, 0.1) is 0 Å². The summed E-state index contributed by atoms with van der Waals surface area (Å²) in [6.45, 7) is 0.0799. The summed E-state index contributed by atoms with van der Waals surface area (Å²) in [7, 11) is 0. The standard InChI is InChI=1S/C16H15F3N2O2/c17-16(18,19)14-8-4-5-9-21(14)15(22)12-10-13(23-20-12)11-6-2-1-3-7-11/h1-3,6-7,10,14H,4-5,8-9H2. The monoisotopic (exact) mass is 324 g/mol. The topological polar surface area (TPSA) is 46.3 Å². The van der Waals surface area contributed by atoms with Crippen LogP contribution >= 0.6 is 0 Å². The zero-order valence-corrected chi connectivity index (χ0v) is 12.2. The van der Waals surface area contributed by atoms with E-state index in [0.29, 0.717) is 24.2 Å². The van der Waals surface area contributed by atoms with Gasteiger partial charge in [0.2, 0.25) is 0 Å². The molecule has 1 aromatic heterocycles. The van der Waals surface area contributed by atoms with E-state index in [4.69, 9.17) is 4.52 Å². The Bertz CT molecular complexity index is 682. The molecule has 0 N–H and O–H groups in total. The molecule has 0 saturated carbocycles. The van der Waals surface area contributed by atoms with Crippen LogP contribution < -0.4 is 0 Å². The molecule has 2 aromatic rings. The summed E-state index contributed by atoms with van der Waals surface area (Å²) in [5.41, 5.74) is 0.616. The van der Waals surface area contributed by atoms with Gasteiger partial charge >= 0.3 is 6.18 Å². The number of carbonyl (C=O) groups is 1. The van der Waals surface area contributed by atoms with Gasteiger partial charge < -0.3 is 9.42 Å². The SMILES string of the molecule is O=C(c1cc(-c2ccccc2)on1)N1CCCCC1C(F)(F)F. The highest BCUT2D eigenvalue weighted by Crippen LogP contribution is 2.33. The van der Waals surface area contributed by atoms with Crippen LogP contribution in [-0.4, -0.2) is 34.7 Å². The molecule has 122 valence electrons. The van der Waals surface area contributed by atoms with E-state index in [1.807, 2.05) is 6.07 Å². The summed E-state index contributed by atoms with van der Waals surface area (Å²) < 4.78 is 44.4. The number of benzene rings is 1. The first kappa shape index (κ1) is 15.6. The zero-order chi connectivity index (χ0) is 16.4. The summed E-state index contributed by atoms with van der Waals surface area (Å²) in [5.74, 6) is -0.382. The summed E-state index contributed by atoms with van der Waals surface area (Å²) in [6, 6.07) is 8.60. The van der Waals surface area contributed by atoms with Crippen LogP contribution in [-0.2, 0) is 0 Å². The second-order valence-electron chi connectivity index (χ2n) is 5.49. The van der Waals surface area contributed by atoms with Crippen molar-refractivity contribution in [2.75, 3.05) is 6.54 Å². The van der Waals surface area contributed by atoms with Gasteiger partial charge in [-0.15, -0.1) is 0 Å². The summed E-state index contributed by atoms with van der Waals surface area (Å²) in [5, 5.41) is 3.65. The minimum absolute atomic E-state index is 0.0708. The van der Waals surface area contributed by atoms with Crippen molar-refractivity contribution in [2.45, 2.75) is 31.5 Å². The predicted octanol–water partition coefficient (Wildman–Crippen LogP) is 3.90. The van der Waals surface area contributed by atoms with Crippen molar-refractivity contribution in [3.05, 3.63) is 42.1 Å². The summed E-state index contributed by atoms with van der Waals surface area (Å²) in [6.07, 6.45) is -3.48. The molecule has 7 heteroatoms. The first-order valence-electron chi connectivity index (χ1n) is 7.36. The smallest absolute Gasteiger partial charge is 0.355 e. The predicted molar refractivity (Wildman–Crippen MR) is 76.7 cm³/mol. The minimum atomic E-state index is -4.43. The number of nitrogens with zero attached hydrogens (tertiary/aromatic N) is 2. The maximum absolute atomic E-state index is 13.1. The van der Waals surface area contributed by atoms with Crippen LogP contribution in [0.1, 0.15) is 29.8 Å². The van der Waals surface area contributed by atoms with E-state index >= 15 is 0 Å². The third-order valence-corrected chi connectivity index (χ3v) is 3.93. The number of hydrogen-bond donors (Lipinski definition) is 0. The maximum Gasteiger partial charge on any atom is 0.408 e. The van der Waals surface area contributed by atoms with Crippen LogP contribution in [0.4, 0.5) is 13.2 Å². The molecule has 1 aliphatic heterocycles. The quantitative estimate of drug-likeness (QED) is 0.842. The van der Waals surface area contributed by atoms with E-state index in [2.05, 4.69) is 5.16 Å². The fourth-order valence-corrected chi connectivity index (χ4v) is 2.78. The van der Waals surface area contributed by atoms with Gasteiger partial charge in [0.15, 0.2) is 11.5 Å². The lowest BCUT2D eigenvalue weighted by atomic mass is 10.0. The second-order valence-corrected chi connectivity index (χ2v) is 5.49. The second kappa shape index (κ2) is 6.06. The van der Waals surface area contributed by atoms with Crippen LogP contribution in [0.3, 0.4) is 0 Å². The normalized spacial score (nSPS) is 18.9. The highest BCUT2D eigenvalue weighted by molar-refractivity contribution is 5.93. The number of alkyl halides is 3. The van der Waals surface area contributed by atoms with Gasteiger partial charge in [-0.3, -0.25) is 4.79 Å². The van der Waals surface area contributed by atoms with Crippen molar-refractivity contribution in [1.29, 1.82) is 0 Å². The molecule has 0 radical (unpaired) electrons. The molecule has 1 unspecified atom stereocenters. The molecule has 0 bridgehead atoms. The molecule has 1 fully saturated rings. The van der Waals surface area contributed by atoms with Gasteiger partial charge in [-0.05, 0) is 19.3 Å². The number of hydrogen-bond acceptors (Lipinski definition) is 3. The molecule has 3 rings (SSSR count). The first-order valence-corrected chi connectivity index (χ1v) is 7.36. The molecule has 2 heterocycles. The minimum Gasteiger partial charge on any atom is -0.355 e. The van der Waals surface area contributed by atoms with Gasteiger partial charge in [-0.25, -0.2) is 0 Å². The van der Waals surface area contributed by atoms with Crippen molar-refractivity contribution >= 4 is 5.91 Å². The van der Waals surface area contributed by atoms with E-state index in [1.54, 1.807) is 24.3 Å². The average Bonchev–Trinajstić information content (AvgIpc) is 3.04. The molecule has 0 spiro atoms. The number of rotatable bonds is 2. The van der Waals surface area contributed by atoms with E-state index in [0.717, 1.165) is 4.90 Å². The number of amides is 1. The third kappa shape index (κ3) is 3.23. The Balaban J connectivity index is 1.84. The molecule has 1 aromatic carbocycles. The molecular formula is C16H15F3N2O2. The Kier molecular flexibility index (Phi) is 4.11. The lowest BCUT2D eigenvalue weighted by molar-refractivity contribution is -0.183. The largest absolute Gasteiger partial charge is 0.408 e. The van der Waals surface area contributed by atoms with Crippen molar-refractivity contribution in [1.82, 2.24) is 10.1 Å². The van der Waals surface area contributed by atoms with Gasteiger partial charge in [0.25, 0.3) is 5.91 Å². The van der Waals surface area contributed by atoms with Gasteiger partial charge in [0, 0.05) is 18.2 Å². The maximum atomic E-state index is 13.1. The van der Waals surface area contributed by atoms with Crippen LogP contribution in [0.25, 0.3) is 11.3 Å². The Morgan fingerprint density at radius 2 is 1.96 bits per heavy atom. The summed E-state index contributed by atoms with van der Waals surface area (Å²) in [4.78, 5) is 13.3. The van der Waals surface area contributed by atoms with Crippen molar-refractivity contribution in [2.24, 2.45) is 0 Å². The first-order chi connectivity index (χ1) is 11.0. The number of piperidine rings is 1. The fourth-order valence-electron chi connectivity index (χ4n) is 2.78. The van der Waals surface area contributed by atoms with Crippen molar-refractivity contribution in [3.8, 4) is 11.3 Å². The highest BCUT2D eigenvalue weighted by atomic mass is 19.4. The van der Waals surface area contributed by atoms with Gasteiger partial charge in [-0.2, -0.15) is 13.2 Å². The van der Waals surface area contributed by atoms with E-state index in [-0.39, 0.29) is 18.7 Å². The average molecular weight is 324 g/mol. The van der Waals surface area contributed by atoms with E-state index < -0.39 is 18.1 Å². The molecule has 0 aliphatic carbocycles. The third-order valence-electron chi connectivity index (χ3n) is 3.93. The Hall–Kier alpha value is -2.31. The van der Waals surface area contributed by atoms with Crippen molar-refractivity contribution < 1.29 is 22.5 Å². The number of aromatic nitrogens is 1. The van der Waals surface area contributed by atoms with Gasteiger partial charge in [0.05, 0.1) is 0 Å². The highest BCUT2D eigenvalue weighted by Gasteiger charge is 2.46. The Morgan fingerprint density at radius 1 is 1.22 bits per heavy atom.